The van der Waals surface area contributed by atoms with Gasteiger partial charge in [0.1, 0.15) is 0 Å². The second-order valence-electron chi connectivity index (χ2n) is 6.56. The lowest BCUT2D eigenvalue weighted by atomic mass is 9.81. The minimum Gasteiger partial charge on any atom is -0.383 e. The maximum Gasteiger partial charge on any atom is 0.222 e. The van der Waals surface area contributed by atoms with Crippen molar-refractivity contribution < 1.29 is 14.3 Å². The maximum atomic E-state index is 12.3. The molecule has 0 spiro atoms. The predicted molar refractivity (Wildman–Crippen MR) is 92.1 cm³/mol. The van der Waals surface area contributed by atoms with Gasteiger partial charge in [-0.05, 0) is 24.7 Å². The quantitative estimate of drug-likeness (QED) is 0.628. The molecule has 1 fully saturated rings. The van der Waals surface area contributed by atoms with E-state index in [0.29, 0.717) is 43.7 Å². The molecule has 0 aromatic carbocycles. The molecule has 1 aliphatic heterocycles. The molecule has 23 heavy (non-hydrogen) atoms. The highest BCUT2D eigenvalue weighted by Crippen LogP contribution is 2.29. The highest BCUT2D eigenvalue weighted by atomic mass is 16.5. The van der Waals surface area contributed by atoms with Gasteiger partial charge in [-0.15, -0.1) is 0 Å². The standard InChI is InChI=1S/C18H34N2O3/c1-4-6-7-8-18(22)20-11-9-16(15(5-2)14-20)13-17(21)19-10-12-23-3/h15-16H,4-14H2,1-3H3,(H,19,21)/t15-,16-/m0/s1. The molecule has 0 unspecified atom stereocenters. The van der Waals surface area contributed by atoms with Crippen LogP contribution in [0.25, 0.3) is 0 Å². The lowest BCUT2D eigenvalue weighted by Crippen LogP contribution is -2.44. The molecular weight excluding hydrogens is 292 g/mol. The van der Waals surface area contributed by atoms with Crippen LogP contribution in [0.3, 0.4) is 0 Å². The Labute approximate surface area is 141 Å². The number of nitrogens with zero attached hydrogens (tertiary/aromatic N) is 1. The van der Waals surface area contributed by atoms with Gasteiger partial charge < -0.3 is 15.0 Å². The summed E-state index contributed by atoms with van der Waals surface area (Å²) in [5, 5.41) is 2.90. The van der Waals surface area contributed by atoms with E-state index < -0.39 is 0 Å². The molecular formula is C18H34N2O3. The van der Waals surface area contributed by atoms with E-state index in [1.165, 1.54) is 0 Å². The molecule has 0 aliphatic carbocycles. The highest BCUT2D eigenvalue weighted by molar-refractivity contribution is 5.77. The largest absolute Gasteiger partial charge is 0.383 e. The van der Waals surface area contributed by atoms with Crippen LogP contribution in [-0.4, -0.2) is 50.1 Å². The Balaban J connectivity index is 2.39. The number of rotatable bonds is 10. The summed E-state index contributed by atoms with van der Waals surface area (Å²) >= 11 is 0. The fraction of sp³-hybridized carbons (Fsp3) is 0.889. The van der Waals surface area contributed by atoms with Crippen LogP contribution < -0.4 is 5.32 Å². The Bertz CT molecular complexity index is 360. The van der Waals surface area contributed by atoms with Crippen molar-refractivity contribution in [2.24, 2.45) is 11.8 Å². The SMILES string of the molecule is CCCCCC(=O)N1CC[C@@H](CC(=O)NCCOC)[C@@H](CC)C1. The molecule has 0 saturated carbocycles. The summed E-state index contributed by atoms with van der Waals surface area (Å²) in [7, 11) is 1.63. The van der Waals surface area contributed by atoms with Gasteiger partial charge in [-0.25, -0.2) is 0 Å². The van der Waals surface area contributed by atoms with E-state index in [9.17, 15) is 9.59 Å². The summed E-state index contributed by atoms with van der Waals surface area (Å²) in [4.78, 5) is 26.3. The van der Waals surface area contributed by atoms with Crippen molar-refractivity contribution in [1.82, 2.24) is 10.2 Å². The number of amides is 2. The number of unbranched alkanes of at least 4 members (excludes halogenated alkanes) is 2. The number of carbonyl (C=O) groups is 2. The van der Waals surface area contributed by atoms with E-state index in [1.807, 2.05) is 4.90 Å². The van der Waals surface area contributed by atoms with Crippen LogP contribution >= 0.6 is 0 Å². The van der Waals surface area contributed by atoms with Crippen molar-refractivity contribution >= 4 is 11.8 Å². The first-order chi connectivity index (χ1) is 11.1. The van der Waals surface area contributed by atoms with Crippen molar-refractivity contribution in [2.45, 2.75) is 58.8 Å². The lowest BCUT2D eigenvalue weighted by Gasteiger charge is -2.38. The Morgan fingerprint density at radius 1 is 1.22 bits per heavy atom. The van der Waals surface area contributed by atoms with Crippen LogP contribution in [-0.2, 0) is 14.3 Å². The normalized spacial score (nSPS) is 21.3. The first-order valence-corrected chi connectivity index (χ1v) is 9.15. The van der Waals surface area contributed by atoms with E-state index in [4.69, 9.17) is 4.74 Å². The maximum absolute atomic E-state index is 12.3. The molecule has 1 heterocycles. The molecule has 0 aromatic rings. The van der Waals surface area contributed by atoms with Gasteiger partial charge in [-0.2, -0.15) is 0 Å². The van der Waals surface area contributed by atoms with Crippen LogP contribution in [0, 0.1) is 11.8 Å². The third-order valence-electron chi connectivity index (χ3n) is 4.84. The van der Waals surface area contributed by atoms with E-state index in [-0.39, 0.29) is 5.91 Å². The van der Waals surface area contributed by atoms with E-state index in [2.05, 4.69) is 19.2 Å². The number of ether oxygens (including phenoxy) is 1. The van der Waals surface area contributed by atoms with Gasteiger partial charge in [0.05, 0.1) is 6.61 Å². The molecule has 2 atom stereocenters. The van der Waals surface area contributed by atoms with E-state index in [0.717, 1.165) is 45.2 Å². The van der Waals surface area contributed by atoms with Crippen LogP contribution in [0.1, 0.15) is 58.8 Å². The molecule has 0 bridgehead atoms. The molecule has 5 heteroatoms. The molecule has 0 aromatic heterocycles. The summed E-state index contributed by atoms with van der Waals surface area (Å²) in [6, 6.07) is 0. The van der Waals surface area contributed by atoms with Gasteiger partial charge in [0.2, 0.25) is 11.8 Å². The number of hydrogen-bond donors (Lipinski definition) is 1. The lowest BCUT2D eigenvalue weighted by molar-refractivity contribution is -0.134. The molecule has 1 saturated heterocycles. The predicted octanol–water partition coefficient (Wildman–Crippen LogP) is 2.59. The Hall–Kier alpha value is -1.10. The van der Waals surface area contributed by atoms with Crippen LogP contribution in [0.2, 0.25) is 0 Å². The minimum absolute atomic E-state index is 0.105. The molecule has 1 N–H and O–H groups in total. The second kappa shape index (κ2) is 11.4. The topological polar surface area (TPSA) is 58.6 Å². The van der Waals surface area contributed by atoms with Crippen molar-refractivity contribution in [1.29, 1.82) is 0 Å². The molecule has 1 rings (SSSR count). The highest BCUT2D eigenvalue weighted by Gasteiger charge is 2.31. The molecule has 134 valence electrons. The van der Waals surface area contributed by atoms with E-state index >= 15 is 0 Å². The van der Waals surface area contributed by atoms with E-state index in [1.54, 1.807) is 7.11 Å². The zero-order chi connectivity index (χ0) is 17.1. The number of nitrogens with one attached hydrogen (secondary N) is 1. The number of hydrogen-bond acceptors (Lipinski definition) is 3. The fourth-order valence-corrected chi connectivity index (χ4v) is 3.33. The molecule has 2 amide bonds. The number of piperidine rings is 1. The first-order valence-electron chi connectivity index (χ1n) is 9.15. The second-order valence-corrected chi connectivity index (χ2v) is 6.56. The van der Waals surface area contributed by atoms with Gasteiger partial charge in [0.15, 0.2) is 0 Å². The number of methoxy groups -OCH3 is 1. The van der Waals surface area contributed by atoms with Crippen molar-refractivity contribution in [2.75, 3.05) is 33.4 Å². The summed E-state index contributed by atoms with van der Waals surface area (Å²) in [6.07, 6.45) is 6.47. The zero-order valence-electron chi connectivity index (χ0n) is 15.1. The number of carbonyl (C=O) groups excluding carboxylic acids is 2. The minimum atomic E-state index is 0.105. The third-order valence-corrected chi connectivity index (χ3v) is 4.84. The number of likely N-dealkylation sites (tertiary alicyclic amines) is 1. The average molecular weight is 326 g/mol. The summed E-state index contributed by atoms with van der Waals surface area (Å²) in [5.74, 6) is 1.22. The smallest absolute Gasteiger partial charge is 0.222 e. The third kappa shape index (κ3) is 7.34. The molecule has 5 nitrogen and oxygen atoms in total. The Kier molecular flexibility index (Phi) is 9.92. The molecule has 0 radical (unpaired) electrons. The Morgan fingerprint density at radius 3 is 2.65 bits per heavy atom. The van der Waals surface area contributed by atoms with Gasteiger partial charge in [-0.3, -0.25) is 9.59 Å². The molecule has 1 aliphatic rings. The summed E-state index contributed by atoms with van der Waals surface area (Å²) in [5.41, 5.74) is 0. The van der Waals surface area contributed by atoms with Crippen molar-refractivity contribution in [3.8, 4) is 0 Å². The zero-order valence-corrected chi connectivity index (χ0v) is 15.1. The van der Waals surface area contributed by atoms with Gasteiger partial charge in [0.25, 0.3) is 0 Å². The van der Waals surface area contributed by atoms with Gasteiger partial charge in [0, 0.05) is 39.6 Å². The summed E-state index contributed by atoms with van der Waals surface area (Å²) in [6.45, 7) is 7.05. The van der Waals surface area contributed by atoms with Crippen LogP contribution in [0.15, 0.2) is 0 Å². The Morgan fingerprint density at radius 2 is 2.00 bits per heavy atom. The summed E-state index contributed by atoms with van der Waals surface area (Å²) < 4.78 is 4.95. The fourth-order valence-electron chi connectivity index (χ4n) is 3.33. The van der Waals surface area contributed by atoms with Crippen LogP contribution in [0.5, 0.6) is 0 Å². The van der Waals surface area contributed by atoms with Gasteiger partial charge in [-0.1, -0.05) is 33.1 Å². The average Bonchev–Trinajstić information content (AvgIpc) is 2.55. The van der Waals surface area contributed by atoms with Crippen molar-refractivity contribution in [3.05, 3.63) is 0 Å². The monoisotopic (exact) mass is 326 g/mol. The first kappa shape index (κ1) is 19.9. The van der Waals surface area contributed by atoms with Gasteiger partial charge >= 0.3 is 0 Å². The van der Waals surface area contributed by atoms with Crippen LogP contribution in [0.4, 0.5) is 0 Å². The van der Waals surface area contributed by atoms with Crippen molar-refractivity contribution in [3.63, 3.8) is 0 Å².